The van der Waals surface area contributed by atoms with Crippen LogP contribution in [0.25, 0.3) is 0 Å². The number of halogens is 3. The third-order valence-corrected chi connectivity index (χ3v) is 3.42. The van der Waals surface area contributed by atoms with Gasteiger partial charge in [0.1, 0.15) is 11.6 Å². The predicted octanol–water partition coefficient (Wildman–Crippen LogP) is 3.73. The highest BCUT2D eigenvalue weighted by Crippen LogP contribution is 2.22. The van der Waals surface area contributed by atoms with Crippen LogP contribution in [0.4, 0.5) is 14.5 Å². The van der Waals surface area contributed by atoms with E-state index in [1.807, 2.05) is 0 Å². The number of benzene rings is 2. The number of Topliss-reactive ketones (excluding diaryl/α,β-unsaturated/α-hetero) is 1. The topological polar surface area (TPSA) is 43.1 Å². The zero-order valence-electron chi connectivity index (χ0n) is 9.79. The van der Waals surface area contributed by atoms with Crippen molar-refractivity contribution in [3.8, 4) is 0 Å². The molecule has 2 rings (SSSR count). The second-order valence-corrected chi connectivity index (χ2v) is 4.92. The molecule has 2 aromatic carbocycles. The minimum absolute atomic E-state index is 0.0223. The fourth-order valence-corrected chi connectivity index (χ4v) is 2.19. The Labute approximate surface area is 117 Å². The Kier molecular flexibility index (Phi) is 3.95. The van der Waals surface area contributed by atoms with Crippen LogP contribution in [-0.2, 0) is 6.42 Å². The van der Waals surface area contributed by atoms with E-state index in [0.717, 1.165) is 6.07 Å². The number of carbonyl (C=O) groups is 1. The number of hydrogen-bond acceptors (Lipinski definition) is 2. The molecule has 0 aliphatic rings. The number of anilines is 1. The summed E-state index contributed by atoms with van der Waals surface area (Å²) in [6.07, 6.45) is 0.0223. The molecule has 19 heavy (non-hydrogen) atoms. The van der Waals surface area contributed by atoms with Crippen LogP contribution in [0, 0.1) is 11.6 Å². The molecule has 2 aromatic rings. The standard InChI is InChI=1S/C14H10BrF2NO/c15-12-7-10(17)2-1-8(12)5-14(19)11-6-9(16)3-4-13(11)18/h1-4,6-7H,5,18H2. The maximum Gasteiger partial charge on any atom is 0.169 e. The molecule has 0 aromatic heterocycles. The molecule has 2 N–H and O–H groups in total. The minimum atomic E-state index is -0.518. The third-order valence-electron chi connectivity index (χ3n) is 2.68. The van der Waals surface area contributed by atoms with E-state index in [1.165, 1.54) is 30.3 Å². The van der Waals surface area contributed by atoms with Crippen LogP contribution in [0.3, 0.4) is 0 Å². The van der Waals surface area contributed by atoms with E-state index in [9.17, 15) is 13.6 Å². The maximum atomic E-state index is 13.1. The Morgan fingerprint density at radius 2 is 1.74 bits per heavy atom. The van der Waals surface area contributed by atoms with Gasteiger partial charge in [-0.3, -0.25) is 4.79 Å². The van der Waals surface area contributed by atoms with Crippen LogP contribution in [0.5, 0.6) is 0 Å². The highest BCUT2D eigenvalue weighted by Gasteiger charge is 2.13. The molecular formula is C14H10BrF2NO. The normalized spacial score (nSPS) is 10.5. The zero-order valence-corrected chi connectivity index (χ0v) is 11.4. The number of carbonyl (C=O) groups excluding carboxylic acids is 1. The molecule has 0 spiro atoms. The molecule has 0 saturated carbocycles. The van der Waals surface area contributed by atoms with Gasteiger partial charge in [-0.1, -0.05) is 22.0 Å². The molecule has 0 saturated heterocycles. The predicted molar refractivity (Wildman–Crippen MR) is 72.9 cm³/mol. The fraction of sp³-hybridized carbons (Fsp3) is 0.0714. The van der Waals surface area contributed by atoms with E-state index in [0.29, 0.717) is 10.0 Å². The molecule has 0 aliphatic heterocycles. The number of ketones is 1. The van der Waals surface area contributed by atoms with E-state index in [-0.39, 0.29) is 23.5 Å². The van der Waals surface area contributed by atoms with E-state index >= 15 is 0 Å². The van der Waals surface area contributed by atoms with Gasteiger partial charge in [-0.25, -0.2) is 8.78 Å². The smallest absolute Gasteiger partial charge is 0.169 e. The van der Waals surface area contributed by atoms with Gasteiger partial charge in [-0.2, -0.15) is 0 Å². The largest absolute Gasteiger partial charge is 0.398 e. The zero-order chi connectivity index (χ0) is 14.0. The fourth-order valence-electron chi connectivity index (χ4n) is 1.70. The lowest BCUT2D eigenvalue weighted by atomic mass is 10.0. The Hall–Kier alpha value is -1.75. The molecule has 98 valence electrons. The van der Waals surface area contributed by atoms with Crippen molar-refractivity contribution in [1.82, 2.24) is 0 Å². The number of nitrogens with two attached hydrogens (primary N) is 1. The molecule has 0 unspecified atom stereocenters. The van der Waals surface area contributed by atoms with Crippen molar-refractivity contribution in [2.45, 2.75) is 6.42 Å². The average molecular weight is 326 g/mol. The molecular weight excluding hydrogens is 316 g/mol. The van der Waals surface area contributed by atoms with Gasteiger partial charge in [0.15, 0.2) is 5.78 Å². The lowest BCUT2D eigenvalue weighted by Crippen LogP contribution is -2.08. The maximum absolute atomic E-state index is 13.1. The summed E-state index contributed by atoms with van der Waals surface area (Å²) < 4.78 is 26.5. The minimum Gasteiger partial charge on any atom is -0.398 e. The highest BCUT2D eigenvalue weighted by molar-refractivity contribution is 9.10. The molecule has 0 atom stereocenters. The van der Waals surface area contributed by atoms with E-state index in [4.69, 9.17) is 5.73 Å². The van der Waals surface area contributed by atoms with Gasteiger partial charge >= 0.3 is 0 Å². The first kappa shape index (κ1) is 13.7. The van der Waals surface area contributed by atoms with Crippen LogP contribution >= 0.6 is 15.9 Å². The van der Waals surface area contributed by atoms with Crippen molar-refractivity contribution in [1.29, 1.82) is 0 Å². The van der Waals surface area contributed by atoms with Crippen molar-refractivity contribution in [2.24, 2.45) is 0 Å². The molecule has 5 heteroatoms. The average Bonchev–Trinajstić information content (AvgIpc) is 2.35. The van der Waals surface area contributed by atoms with E-state index in [1.54, 1.807) is 0 Å². The lowest BCUT2D eigenvalue weighted by molar-refractivity contribution is 0.0993. The van der Waals surface area contributed by atoms with Crippen LogP contribution in [0.15, 0.2) is 40.9 Å². The van der Waals surface area contributed by atoms with Crippen LogP contribution in [-0.4, -0.2) is 5.78 Å². The Morgan fingerprint density at radius 1 is 1.11 bits per heavy atom. The molecule has 0 fully saturated rings. The first-order valence-electron chi connectivity index (χ1n) is 5.49. The highest BCUT2D eigenvalue weighted by atomic mass is 79.9. The first-order chi connectivity index (χ1) is 8.97. The van der Waals surface area contributed by atoms with Gasteiger partial charge < -0.3 is 5.73 Å². The van der Waals surface area contributed by atoms with Crippen LogP contribution in [0.1, 0.15) is 15.9 Å². The van der Waals surface area contributed by atoms with Gasteiger partial charge in [-0.15, -0.1) is 0 Å². The van der Waals surface area contributed by atoms with Crippen LogP contribution < -0.4 is 5.73 Å². The van der Waals surface area contributed by atoms with E-state index in [2.05, 4.69) is 15.9 Å². The summed E-state index contributed by atoms with van der Waals surface area (Å²) in [5.41, 5.74) is 6.63. The summed E-state index contributed by atoms with van der Waals surface area (Å²) in [6.45, 7) is 0. The SMILES string of the molecule is Nc1ccc(F)cc1C(=O)Cc1ccc(F)cc1Br. The van der Waals surface area contributed by atoms with Crippen molar-refractivity contribution in [3.05, 3.63) is 63.6 Å². The number of hydrogen-bond donors (Lipinski definition) is 1. The van der Waals surface area contributed by atoms with E-state index < -0.39 is 11.6 Å². The van der Waals surface area contributed by atoms with Crippen molar-refractivity contribution in [2.75, 3.05) is 5.73 Å². The van der Waals surface area contributed by atoms with Crippen LogP contribution in [0.2, 0.25) is 0 Å². The molecule has 0 heterocycles. The molecule has 0 radical (unpaired) electrons. The van der Waals surface area contributed by atoms with Gasteiger partial charge in [-0.05, 0) is 35.9 Å². The van der Waals surface area contributed by atoms with Gasteiger partial charge in [0.25, 0.3) is 0 Å². The number of nitrogen functional groups attached to an aromatic ring is 1. The van der Waals surface area contributed by atoms with Crippen molar-refractivity contribution < 1.29 is 13.6 Å². The quantitative estimate of drug-likeness (QED) is 0.690. The lowest BCUT2D eigenvalue weighted by Gasteiger charge is -2.07. The summed E-state index contributed by atoms with van der Waals surface area (Å²) in [4.78, 5) is 12.1. The third kappa shape index (κ3) is 3.17. The second-order valence-electron chi connectivity index (χ2n) is 4.07. The van der Waals surface area contributed by atoms with Crippen molar-refractivity contribution in [3.63, 3.8) is 0 Å². The monoisotopic (exact) mass is 325 g/mol. The van der Waals surface area contributed by atoms with Gasteiger partial charge in [0.2, 0.25) is 0 Å². The number of rotatable bonds is 3. The summed E-state index contributed by atoms with van der Waals surface area (Å²) in [6, 6.07) is 7.70. The van der Waals surface area contributed by atoms with Gasteiger partial charge in [0.05, 0.1) is 0 Å². The Bertz CT molecular complexity index is 643. The molecule has 0 amide bonds. The summed E-state index contributed by atoms with van der Waals surface area (Å²) in [7, 11) is 0. The Balaban J connectivity index is 2.28. The molecule has 0 aliphatic carbocycles. The van der Waals surface area contributed by atoms with Gasteiger partial charge in [0, 0.05) is 22.1 Å². The molecule has 0 bridgehead atoms. The summed E-state index contributed by atoms with van der Waals surface area (Å²) in [5, 5.41) is 0. The first-order valence-corrected chi connectivity index (χ1v) is 6.29. The van der Waals surface area contributed by atoms with Crippen molar-refractivity contribution >= 4 is 27.4 Å². The second kappa shape index (κ2) is 5.48. The summed E-state index contributed by atoms with van der Waals surface area (Å²) >= 11 is 3.18. The Morgan fingerprint density at radius 3 is 2.42 bits per heavy atom. The molecule has 2 nitrogen and oxygen atoms in total. The summed E-state index contributed by atoms with van der Waals surface area (Å²) in [5.74, 6) is -1.23.